The van der Waals surface area contributed by atoms with Gasteiger partial charge in [-0.15, -0.1) is 0 Å². The first-order chi connectivity index (χ1) is 8.55. The number of nitrogens with one attached hydrogen (secondary N) is 1. The molecule has 0 radical (unpaired) electrons. The topological polar surface area (TPSA) is 66.4 Å². The summed E-state index contributed by atoms with van der Waals surface area (Å²) in [7, 11) is 0. The van der Waals surface area contributed by atoms with E-state index in [1.165, 1.54) is 0 Å². The predicted octanol–water partition coefficient (Wildman–Crippen LogP) is 1.80. The van der Waals surface area contributed by atoms with Crippen LogP contribution in [0.2, 0.25) is 0 Å². The van der Waals surface area contributed by atoms with Crippen LogP contribution in [-0.2, 0) is 9.59 Å². The molecule has 1 fully saturated rings. The summed E-state index contributed by atoms with van der Waals surface area (Å²) in [5.41, 5.74) is -0.448. The average molecular weight is 291 g/mol. The van der Waals surface area contributed by atoms with Crippen LogP contribution in [0.3, 0.4) is 0 Å². The van der Waals surface area contributed by atoms with Crippen molar-refractivity contribution in [3.8, 4) is 0 Å². The molecule has 1 rings (SSSR count). The lowest BCUT2D eigenvalue weighted by molar-refractivity contribution is -0.143. The highest BCUT2D eigenvalue weighted by Gasteiger charge is 2.41. The van der Waals surface area contributed by atoms with Gasteiger partial charge in [0.15, 0.2) is 0 Å². The zero-order chi connectivity index (χ0) is 13.6. The van der Waals surface area contributed by atoms with Gasteiger partial charge in [-0.1, -0.05) is 12.8 Å². The van der Waals surface area contributed by atoms with E-state index < -0.39 is 17.4 Å². The molecular weight excluding hydrogens is 270 g/mol. The Hall–Kier alpha value is -0.360. The Morgan fingerprint density at radius 3 is 2.50 bits per heavy atom. The number of hydrogen-bond acceptors (Lipinski definition) is 4. The third-order valence-corrected chi connectivity index (χ3v) is 4.81. The van der Waals surface area contributed by atoms with Crippen molar-refractivity contribution in [2.75, 3.05) is 17.8 Å². The van der Waals surface area contributed by atoms with Crippen molar-refractivity contribution in [3.63, 3.8) is 0 Å². The summed E-state index contributed by atoms with van der Waals surface area (Å²) in [5.74, 6) is 0.131. The molecule has 0 aromatic rings. The van der Waals surface area contributed by atoms with Crippen LogP contribution in [0.25, 0.3) is 0 Å². The molecule has 4 nitrogen and oxygen atoms in total. The van der Waals surface area contributed by atoms with Gasteiger partial charge in [-0.2, -0.15) is 24.4 Å². The second-order valence-corrected chi connectivity index (χ2v) is 6.09. The van der Waals surface area contributed by atoms with Crippen molar-refractivity contribution in [1.29, 1.82) is 0 Å². The molecule has 0 bridgehead atoms. The molecule has 1 saturated carbocycles. The van der Waals surface area contributed by atoms with E-state index in [1.54, 1.807) is 11.8 Å². The highest BCUT2D eigenvalue weighted by molar-refractivity contribution is 7.98. The van der Waals surface area contributed by atoms with E-state index in [2.05, 4.69) is 17.9 Å². The Balaban J connectivity index is 2.62. The minimum absolute atomic E-state index is 0.136. The number of carbonyl (C=O) groups excluding carboxylic acids is 1. The lowest BCUT2D eigenvalue weighted by atomic mass is 9.87. The number of hydrogen-bond donors (Lipinski definition) is 3. The third-order valence-electron chi connectivity index (χ3n) is 3.56. The molecule has 1 atom stereocenters. The summed E-state index contributed by atoms with van der Waals surface area (Å²) in [4.78, 5) is 23.4. The Morgan fingerprint density at radius 2 is 2.06 bits per heavy atom. The van der Waals surface area contributed by atoms with Crippen LogP contribution in [0.5, 0.6) is 0 Å². The molecule has 0 aliphatic heterocycles. The first-order valence-electron chi connectivity index (χ1n) is 6.19. The smallest absolute Gasteiger partial charge is 0.326 e. The van der Waals surface area contributed by atoms with Crippen molar-refractivity contribution in [1.82, 2.24) is 5.32 Å². The molecule has 0 unspecified atom stereocenters. The SMILES string of the molecule is CSCC[C@@H](NC(=O)C1(CS)CCCC1)C(=O)O. The van der Waals surface area contributed by atoms with Gasteiger partial charge in [-0.3, -0.25) is 4.79 Å². The molecule has 6 heteroatoms. The quantitative estimate of drug-likeness (QED) is 0.626. The number of thioether (sulfide) groups is 1. The van der Waals surface area contributed by atoms with E-state index in [1.807, 2.05) is 6.26 Å². The molecule has 104 valence electrons. The van der Waals surface area contributed by atoms with Gasteiger partial charge in [0.25, 0.3) is 0 Å². The van der Waals surface area contributed by atoms with E-state index in [9.17, 15) is 9.59 Å². The second kappa shape index (κ2) is 7.28. The molecule has 0 spiro atoms. The highest BCUT2D eigenvalue weighted by Crippen LogP contribution is 2.39. The Morgan fingerprint density at radius 1 is 1.44 bits per heavy atom. The normalized spacial score (nSPS) is 19.4. The van der Waals surface area contributed by atoms with E-state index in [4.69, 9.17) is 5.11 Å². The zero-order valence-electron chi connectivity index (χ0n) is 10.6. The van der Waals surface area contributed by atoms with Crippen LogP contribution < -0.4 is 5.32 Å². The number of rotatable bonds is 7. The van der Waals surface area contributed by atoms with Crippen LogP contribution in [-0.4, -0.2) is 40.8 Å². The van der Waals surface area contributed by atoms with Crippen molar-refractivity contribution in [2.45, 2.75) is 38.1 Å². The molecular formula is C12H21NO3S2. The highest BCUT2D eigenvalue weighted by atomic mass is 32.2. The van der Waals surface area contributed by atoms with Gasteiger partial charge < -0.3 is 10.4 Å². The number of thiol groups is 1. The Labute approximate surface area is 118 Å². The number of aliphatic carboxylic acids is 1. The molecule has 0 saturated heterocycles. The van der Waals surface area contributed by atoms with Crippen molar-refractivity contribution >= 4 is 36.3 Å². The molecule has 0 aromatic carbocycles. The summed E-state index contributed by atoms with van der Waals surface area (Å²) in [5, 5.41) is 11.8. The van der Waals surface area contributed by atoms with Gasteiger partial charge in [0.05, 0.1) is 5.41 Å². The molecule has 1 amide bonds. The fraction of sp³-hybridized carbons (Fsp3) is 0.833. The number of carboxylic acids is 1. The fourth-order valence-corrected chi connectivity index (χ4v) is 3.24. The first-order valence-corrected chi connectivity index (χ1v) is 8.22. The lowest BCUT2D eigenvalue weighted by Crippen LogP contribution is -2.48. The van der Waals surface area contributed by atoms with E-state index in [-0.39, 0.29) is 5.91 Å². The lowest BCUT2D eigenvalue weighted by Gasteiger charge is -2.27. The Bertz CT molecular complexity index is 304. The van der Waals surface area contributed by atoms with Gasteiger partial charge in [-0.05, 0) is 31.3 Å². The van der Waals surface area contributed by atoms with E-state index in [0.29, 0.717) is 12.2 Å². The molecule has 0 heterocycles. The minimum atomic E-state index is -0.954. The third kappa shape index (κ3) is 3.82. The van der Waals surface area contributed by atoms with Gasteiger partial charge in [0.2, 0.25) is 5.91 Å². The standard InChI is InChI=1S/C12H21NO3S2/c1-18-7-4-9(10(14)15)13-11(16)12(8-17)5-2-3-6-12/h9,17H,2-8H2,1H3,(H,13,16)(H,14,15)/t9-/m1/s1. The van der Waals surface area contributed by atoms with Crippen LogP contribution in [0.1, 0.15) is 32.1 Å². The van der Waals surface area contributed by atoms with E-state index in [0.717, 1.165) is 31.4 Å². The maximum Gasteiger partial charge on any atom is 0.326 e. The molecule has 0 aromatic heterocycles. The summed E-state index contributed by atoms with van der Waals surface area (Å²) in [6, 6.07) is -0.776. The molecule has 1 aliphatic rings. The molecule has 1 aliphatic carbocycles. The van der Waals surface area contributed by atoms with Crippen molar-refractivity contribution in [3.05, 3.63) is 0 Å². The monoisotopic (exact) mass is 291 g/mol. The average Bonchev–Trinajstić information content (AvgIpc) is 2.83. The molecule has 18 heavy (non-hydrogen) atoms. The summed E-state index contributed by atoms with van der Waals surface area (Å²) in [6.07, 6.45) is 6.07. The fourth-order valence-electron chi connectivity index (χ4n) is 2.31. The van der Waals surface area contributed by atoms with Gasteiger partial charge >= 0.3 is 5.97 Å². The van der Waals surface area contributed by atoms with Crippen LogP contribution in [0.15, 0.2) is 0 Å². The van der Waals surface area contributed by atoms with Crippen LogP contribution >= 0.6 is 24.4 Å². The van der Waals surface area contributed by atoms with Crippen molar-refractivity contribution < 1.29 is 14.7 Å². The van der Waals surface area contributed by atoms with Gasteiger partial charge in [0.1, 0.15) is 6.04 Å². The summed E-state index contributed by atoms with van der Waals surface area (Å²) >= 11 is 5.86. The predicted molar refractivity (Wildman–Crippen MR) is 77.3 cm³/mol. The minimum Gasteiger partial charge on any atom is -0.480 e. The summed E-state index contributed by atoms with van der Waals surface area (Å²) in [6.45, 7) is 0. The number of carbonyl (C=O) groups is 2. The summed E-state index contributed by atoms with van der Waals surface area (Å²) < 4.78 is 0. The van der Waals surface area contributed by atoms with Gasteiger partial charge in [0, 0.05) is 5.75 Å². The van der Waals surface area contributed by atoms with E-state index >= 15 is 0 Å². The second-order valence-electron chi connectivity index (χ2n) is 4.79. The van der Waals surface area contributed by atoms with Crippen LogP contribution in [0.4, 0.5) is 0 Å². The molecule has 2 N–H and O–H groups in total. The van der Waals surface area contributed by atoms with Crippen molar-refractivity contribution in [2.24, 2.45) is 5.41 Å². The number of amides is 1. The Kier molecular flexibility index (Phi) is 6.35. The first kappa shape index (κ1) is 15.7. The van der Waals surface area contributed by atoms with Gasteiger partial charge in [-0.25, -0.2) is 4.79 Å². The largest absolute Gasteiger partial charge is 0.480 e. The van der Waals surface area contributed by atoms with Crippen LogP contribution in [0, 0.1) is 5.41 Å². The number of carboxylic acid groups (broad SMARTS) is 1. The maximum atomic E-state index is 12.2. The zero-order valence-corrected chi connectivity index (χ0v) is 12.4. The maximum absolute atomic E-state index is 12.2.